The topological polar surface area (TPSA) is 75.7 Å². The summed E-state index contributed by atoms with van der Waals surface area (Å²) >= 11 is 0. The molecule has 160 valence electrons. The highest BCUT2D eigenvalue weighted by Crippen LogP contribution is 2.26. The fourth-order valence-electron chi connectivity index (χ4n) is 4.21. The zero-order chi connectivity index (χ0) is 21.0. The summed E-state index contributed by atoms with van der Waals surface area (Å²) in [6.07, 6.45) is 2.25. The molecule has 0 unspecified atom stereocenters. The first-order chi connectivity index (χ1) is 14.5. The van der Waals surface area contributed by atoms with Crippen molar-refractivity contribution in [3.05, 3.63) is 60.2 Å². The van der Waals surface area contributed by atoms with E-state index in [4.69, 9.17) is 4.74 Å². The largest absolute Gasteiger partial charge is 0.489 e. The molecule has 0 saturated carbocycles. The first kappa shape index (κ1) is 20.9. The Labute approximate surface area is 178 Å². The molecule has 2 aliphatic rings. The Balaban J connectivity index is 1.23. The molecule has 0 bridgehead atoms. The van der Waals surface area contributed by atoms with Crippen LogP contribution in [0.4, 0.5) is 5.69 Å². The number of anilines is 1. The van der Waals surface area contributed by atoms with Gasteiger partial charge in [0.1, 0.15) is 12.4 Å². The zero-order valence-corrected chi connectivity index (χ0v) is 17.8. The summed E-state index contributed by atoms with van der Waals surface area (Å²) in [6.45, 7) is 2.07. The number of piperidine rings is 1. The molecule has 0 radical (unpaired) electrons. The maximum absolute atomic E-state index is 12.6. The number of rotatable bonds is 6. The highest BCUT2D eigenvalue weighted by Gasteiger charge is 2.35. The summed E-state index contributed by atoms with van der Waals surface area (Å²) in [5.74, 6) is 1.32. The van der Waals surface area contributed by atoms with Gasteiger partial charge in [-0.15, -0.1) is 0 Å². The molecule has 2 aromatic carbocycles. The maximum atomic E-state index is 12.6. The van der Waals surface area contributed by atoms with Crippen molar-refractivity contribution < 1.29 is 17.9 Å². The van der Waals surface area contributed by atoms with Crippen molar-refractivity contribution in [3.8, 4) is 5.75 Å². The van der Waals surface area contributed by atoms with Gasteiger partial charge in [0.05, 0.1) is 11.5 Å². The number of nitrogens with zero attached hydrogens (tertiary/aromatic N) is 1. The standard InChI is InChI=1S/C23H28N2O4S/c26-23(19-10-13-25(14-11-19)21-12-15-30(27,28)17-21)24-20-6-8-22(9-7-20)29-16-18-4-2-1-3-5-18/h1-9,19,21H,10-17H2,(H,24,26)/t21-/m0/s1. The molecule has 1 N–H and O–H groups in total. The summed E-state index contributed by atoms with van der Waals surface area (Å²) in [4.78, 5) is 14.9. The second-order valence-electron chi connectivity index (χ2n) is 8.16. The van der Waals surface area contributed by atoms with Crippen molar-refractivity contribution in [2.24, 2.45) is 5.92 Å². The average molecular weight is 429 g/mol. The van der Waals surface area contributed by atoms with Crippen molar-refractivity contribution in [3.63, 3.8) is 0 Å². The molecule has 1 amide bonds. The fraction of sp³-hybridized carbons (Fsp3) is 0.435. The summed E-state index contributed by atoms with van der Waals surface area (Å²) < 4.78 is 29.2. The van der Waals surface area contributed by atoms with Gasteiger partial charge < -0.3 is 10.1 Å². The lowest BCUT2D eigenvalue weighted by atomic mass is 9.94. The third-order valence-electron chi connectivity index (χ3n) is 6.00. The van der Waals surface area contributed by atoms with Gasteiger partial charge in [0.2, 0.25) is 5.91 Å². The lowest BCUT2D eigenvalue weighted by Crippen LogP contribution is -2.44. The number of carbonyl (C=O) groups is 1. The summed E-state index contributed by atoms with van der Waals surface area (Å²) in [7, 11) is -2.87. The predicted octanol–water partition coefficient (Wildman–Crippen LogP) is 3.10. The monoisotopic (exact) mass is 428 g/mol. The Morgan fingerprint density at radius 2 is 1.70 bits per heavy atom. The minimum atomic E-state index is -2.87. The van der Waals surface area contributed by atoms with E-state index in [0.29, 0.717) is 12.4 Å². The van der Waals surface area contributed by atoms with Gasteiger partial charge in [0, 0.05) is 17.6 Å². The number of hydrogen-bond donors (Lipinski definition) is 1. The molecule has 1 atom stereocenters. The maximum Gasteiger partial charge on any atom is 0.227 e. The third kappa shape index (κ3) is 5.40. The van der Waals surface area contributed by atoms with E-state index in [9.17, 15) is 13.2 Å². The van der Waals surface area contributed by atoms with Gasteiger partial charge in [-0.25, -0.2) is 8.42 Å². The number of sulfone groups is 1. The van der Waals surface area contributed by atoms with E-state index >= 15 is 0 Å². The summed E-state index contributed by atoms with van der Waals surface area (Å²) in [6, 6.07) is 17.6. The second kappa shape index (κ2) is 9.18. The van der Waals surface area contributed by atoms with Gasteiger partial charge in [0.15, 0.2) is 9.84 Å². The van der Waals surface area contributed by atoms with E-state index in [1.54, 1.807) is 0 Å². The molecular weight excluding hydrogens is 400 g/mol. The van der Waals surface area contributed by atoms with Gasteiger partial charge in [0.25, 0.3) is 0 Å². The first-order valence-electron chi connectivity index (χ1n) is 10.5. The normalized spacial score (nSPS) is 21.9. The molecule has 2 aromatic rings. The SMILES string of the molecule is O=C(Nc1ccc(OCc2ccccc2)cc1)C1CCN([C@H]2CCS(=O)(=O)C2)CC1. The number of likely N-dealkylation sites (tertiary alicyclic amines) is 1. The van der Waals surface area contributed by atoms with Crippen LogP contribution in [0.5, 0.6) is 5.75 Å². The minimum absolute atomic E-state index is 0.0339. The highest BCUT2D eigenvalue weighted by atomic mass is 32.2. The molecule has 0 aliphatic carbocycles. The van der Waals surface area contributed by atoms with Gasteiger partial charge in [-0.3, -0.25) is 9.69 Å². The predicted molar refractivity (Wildman–Crippen MR) is 117 cm³/mol. The molecule has 2 heterocycles. The molecule has 4 rings (SSSR count). The molecule has 7 heteroatoms. The number of hydrogen-bond acceptors (Lipinski definition) is 5. The molecule has 2 aliphatic heterocycles. The van der Waals surface area contributed by atoms with Crippen LogP contribution in [0.1, 0.15) is 24.8 Å². The van der Waals surface area contributed by atoms with Crippen LogP contribution in [0, 0.1) is 5.92 Å². The lowest BCUT2D eigenvalue weighted by Gasteiger charge is -2.34. The van der Waals surface area contributed by atoms with Crippen molar-refractivity contribution in [2.45, 2.75) is 31.9 Å². The van der Waals surface area contributed by atoms with Crippen LogP contribution in [0.2, 0.25) is 0 Å². The van der Waals surface area contributed by atoms with Crippen LogP contribution in [0.25, 0.3) is 0 Å². The van der Waals surface area contributed by atoms with Gasteiger partial charge in [-0.05, 0) is 62.2 Å². The minimum Gasteiger partial charge on any atom is -0.489 e. The van der Waals surface area contributed by atoms with Crippen LogP contribution in [0.15, 0.2) is 54.6 Å². The Morgan fingerprint density at radius 3 is 2.33 bits per heavy atom. The van der Waals surface area contributed by atoms with Gasteiger partial charge in [-0.1, -0.05) is 30.3 Å². The number of nitrogens with one attached hydrogen (secondary N) is 1. The number of carbonyl (C=O) groups excluding carboxylic acids is 1. The Morgan fingerprint density at radius 1 is 1.00 bits per heavy atom. The average Bonchev–Trinajstić information content (AvgIpc) is 3.14. The molecule has 30 heavy (non-hydrogen) atoms. The molecular formula is C23H28N2O4S. The van der Waals surface area contributed by atoms with Gasteiger partial charge >= 0.3 is 0 Å². The Kier molecular flexibility index (Phi) is 6.39. The van der Waals surface area contributed by atoms with E-state index in [0.717, 1.165) is 49.4 Å². The molecule has 0 aromatic heterocycles. The van der Waals surface area contributed by atoms with Crippen LogP contribution in [-0.2, 0) is 21.2 Å². The van der Waals surface area contributed by atoms with Crippen molar-refractivity contribution in [2.75, 3.05) is 29.9 Å². The zero-order valence-electron chi connectivity index (χ0n) is 17.0. The highest BCUT2D eigenvalue weighted by molar-refractivity contribution is 7.91. The number of ether oxygens (including phenoxy) is 1. The Hall–Kier alpha value is -2.38. The van der Waals surface area contributed by atoms with Crippen LogP contribution in [-0.4, -0.2) is 49.9 Å². The van der Waals surface area contributed by atoms with Gasteiger partial charge in [-0.2, -0.15) is 0 Å². The number of benzene rings is 2. The fourth-order valence-corrected chi connectivity index (χ4v) is 5.97. The van der Waals surface area contributed by atoms with Crippen LogP contribution >= 0.6 is 0 Å². The molecule has 0 spiro atoms. The molecule has 2 fully saturated rings. The third-order valence-corrected chi connectivity index (χ3v) is 7.75. The lowest BCUT2D eigenvalue weighted by molar-refractivity contribution is -0.121. The van der Waals surface area contributed by atoms with E-state index < -0.39 is 9.84 Å². The van der Waals surface area contributed by atoms with E-state index in [2.05, 4.69) is 10.2 Å². The van der Waals surface area contributed by atoms with Crippen molar-refractivity contribution >= 4 is 21.4 Å². The van der Waals surface area contributed by atoms with Crippen molar-refractivity contribution in [1.82, 2.24) is 4.90 Å². The molecule has 6 nitrogen and oxygen atoms in total. The second-order valence-corrected chi connectivity index (χ2v) is 10.4. The van der Waals surface area contributed by atoms with E-state index in [1.165, 1.54) is 0 Å². The van der Waals surface area contributed by atoms with Crippen LogP contribution in [0.3, 0.4) is 0 Å². The number of amides is 1. The van der Waals surface area contributed by atoms with Crippen LogP contribution < -0.4 is 10.1 Å². The van der Waals surface area contributed by atoms with E-state index in [1.807, 2.05) is 54.6 Å². The summed E-state index contributed by atoms with van der Waals surface area (Å²) in [5.41, 5.74) is 1.87. The molecule has 2 saturated heterocycles. The quantitative estimate of drug-likeness (QED) is 0.765. The smallest absolute Gasteiger partial charge is 0.227 e. The summed E-state index contributed by atoms with van der Waals surface area (Å²) in [5, 5.41) is 3.00. The van der Waals surface area contributed by atoms with Crippen molar-refractivity contribution in [1.29, 1.82) is 0 Å². The van der Waals surface area contributed by atoms with E-state index in [-0.39, 0.29) is 23.6 Å². The Bertz CT molecular complexity index is 952. The first-order valence-corrected chi connectivity index (χ1v) is 12.3.